The van der Waals surface area contributed by atoms with Gasteiger partial charge in [0.15, 0.2) is 8.32 Å². The van der Waals surface area contributed by atoms with Crippen LogP contribution in [0.1, 0.15) is 100 Å². The van der Waals surface area contributed by atoms with E-state index < -0.39 is 24.7 Å². The van der Waals surface area contributed by atoms with Crippen LogP contribution in [0.4, 0.5) is 0 Å². The first kappa shape index (κ1) is 35.6. The van der Waals surface area contributed by atoms with E-state index in [-0.39, 0.29) is 17.2 Å². The molecule has 0 saturated heterocycles. The van der Waals surface area contributed by atoms with Crippen molar-refractivity contribution in [2.24, 2.45) is 0 Å². The van der Waals surface area contributed by atoms with Crippen molar-refractivity contribution in [2.45, 2.75) is 162 Å². The van der Waals surface area contributed by atoms with E-state index in [1.165, 1.54) is 30.0 Å². The van der Waals surface area contributed by atoms with Crippen LogP contribution in [0.5, 0.6) is 0 Å². The fourth-order valence-corrected chi connectivity index (χ4v) is 14.5. The smallest absolute Gasteiger partial charge is 0.201 e. The number of unbranched alkanes of at least 4 members (excludes halogenated alkanes) is 2. The van der Waals surface area contributed by atoms with E-state index in [2.05, 4.69) is 138 Å². The molecule has 2 nitrogen and oxygen atoms in total. The Hall–Kier alpha value is -0.469. The molecule has 2 atom stereocenters. The van der Waals surface area contributed by atoms with Gasteiger partial charge < -0.3 is 8.85 Å². The van der Waals surface area contributed by atoms with Gasteiger partial charge >= 0.3 is 0 Å². The molecular formula is C33H64O2Si3. The van der Waals surface area contributed by atoms with Crippen molar-refractivity contribution >= 4 is 30.8 Å². The number of hydrogen-bond acceptors (Lipinski definition) is 2. The van der Waals surface area contributed by atoms with Gasteiger partial charge in [-0.25, -0.2) is 0 Å². The van der Waals surface area contributed by atoms with Crippen molar-refractivity contribution in [1.29, 1.82) is 0 Å². The summed E-state index contributed by atoms with van der Waals surface area (Å²) in [6.45, 7) is 36.2. The number of benzene rings is 1. The van der Waals surface area contributed by atoms with Crippen LogP contribution < -0.4 is 0 Å². The molecule has 38 heavy (non-hydrogen) atoms. The first-order valence-electron chi connectivity index (χ1n) is 15.4. The summed E-state index contributed by atoms with van der Waals surface area (Å²) in [6.07, 6.45) is 7.31. The van der Waals surface area contributed by atoms with Crippen LogP contribution >= 0.6 is 0 Å². The van der Waals surface area contributed by atoms with Crippen molar-refractivity contribution < 1.29 is 8.85 Å². The Morgan fingerprint density at radius 3 is 1.68 bits per heavy atom. The van der Waals surface area contributed by atoms with E-state index in [1.807, 2.05) is 0 Å². The van der Waals surface area contributed by atoms with Crippen LogP contribution in [0, 0.1) is 0 Å². The molecule has 1 aromatic rings. The Morgan fingerprint density at radius 2 is 1.29 bits per heavy atom. The topological polar surface area (TPSA) is 18.5 Å². The lowest BCUT2D eigenvalue weighted by atomic mass is 10.0. The lowest BCUT2D eigenvalue weighted by Crippen LogP contribution is -2.57. The highest BCUT2D eigenvalue weighted by Crippen LogP contribution is 2.46. The maximum absolute atomic E-state index is 7.84. The van der Waals surface area contributed by atoms with Gasteiger partial charge in [0.25, 0.3) is 0 Å². The molecule has 0 aliphatic heterocycles. The molecule has 0 spiro atoms. The predicted molar refractivity (Wildman–Crippen MR) is 180 cm³/mol. The zero-order chi connectivity index (χ0) is 29.5. The lowest BCUT2D eigenvalue weighted by Gasteiger charge is -2.50. The Bertz CT molecular complexity index is 823. The molecule has 1 rings (SSSR count). The molecule has 0 amide bonds. The fraction of sp³-hybridized carbons (Fsp3) is 0.758. The highest BCUT2D eigenvalue weighted by molar-refractivity contribution is 6.84. The first-order chi connectivity index (χ1) is 17.3. The number of rotatable bonds is 15. The Balaban J connectivity index is 3.95. The molecule has 0 N–H and O–H groups in total. The maximum Gasteiger partial charge on any atom is 0.201 e. The molecule has 0 fully saturated rings. The average molecular weight is 577 g/mol. The van der Waals surface area contributed by atoms with Crippen LogP contribution in [-0.2, 0) is 8.85 Å². The molecule has 0 bridgehead atoms. The van der Waals surface area contributed by atoms with Crippen molar-refractivity contribution in [2.75, 3.05) is 0 Å². The van der Waals surface area contributed by atoms with Crippen LogP contribution in [0.25, 0.3) is 6.08 Å². The molecular weight excluding hydrogens is 513 g/mol. The standard InChI is InChI=1S/C33H64O2Si3/c1-16-17-19-24-30(34-37(14,15)33(8,9)10)32(35-38(26(2)3,27(4)5)28(6)7)31(36(11,12)13)25-29-22-20-18-21-23-29/h18,20-23,25-28,30,32H,16-17,19,24H2,1-15H3/b31-25-/t30-,32-/m0/s1. The molecule has 0 heterocycles. The van der Waals surface area contributed by atoms with Crippen LogP contribution in [0.2, 0.25) is 54.4 Å². The summed E-state index contributed by atoms with van der Waals surface area (Å²) in [6, 6.07) is 10.9. The van der Waals surface area contributed by atoms with Gasteiger partial charge in [-0.2, -0.15) is 0 Å². The molecule has 0 aliphatic rings. The molecule has 0 saturated carbocycles. The highest BCUT2D eigenvalue weighted by Gasteiger charge is 2.50. The van der Waals surface area contributed by atoms with Gasteiger partial charge in [-0.3, -0.25) is 0 Å². The van der Waals surface area contributed by atoms with E-state index in [9.17, 15) is 0 Å². The van der Waals surface area contributed by atoms with Crippen molar-refractivity contribution in [1.82, 2.24) is 0 Å². The van der Waals surface area contributed by atoms with Crippen LogP contribution in [0.3, 0.4) is 0 Å². The minimum absolute atomic E-state index is 0.00622. The summed E-state index contributed by atoms with van der Waals surface area (Å²) < 4.78 is 15.3. The molecule has 0 radical (unpaired) electrons. The largest absolute Gasteiger partial charge is 0.411 e. The van der Waals surface area contributed by atoms with Gasteiger partial charge in [-0.1, -0.05) is 150 Å². The third-order valence-corrected chi connectivity index (χ3v) is 21.8. The minimum atomic E-state index is -2.16. The zero-order valence-electron chi connectivity index (χ0n) is 28.0. The van der Waals surface area contributed by atoms with E-state index in [1.54, 1.807) is 0 Å². The predicted octanol–water partition coefficient (Wildman–Crippen LogP) is 11.5. The van der Waals surface area contributed by atoms with Crippen molar-refractivity contribution in [3.8, 4) is 0 Å². The minimum Gasteiger partial charge on any atom is -0.411 e. The quantitative estimate of drug-likeness (QED) is 0.153. The maximum atomic E-state index is 7.84. The van der Waals surface area contributed by atoms with E-state index in [0.29, 0.717) is 16.6 Å². The molecule has 5 heteroatoms. The summed E-state index contributed by atoms with van der Waals surface area (Å²) >= 11 is 0. The fourth-order valence-electron chi connectivity index (χ4n) is 5.84. The van der Waals surface area contributed by atoms with E-state index in [4.69, 9.17) is 8.85 Å². The lowest BCUT2D eigenvalue weighted by molar-refractivity contribution is 0.0507. The first-order valence-corrected chi connectivity index (χ1v) is 24.0. The van der Waals surface area contributed by atoms with E-state index in [0.717, 1.165) is 6.42 Å². The monoisotopic (exact) mass is 576 g/mol. The van der Waals surface area contributed by atoms with Gasteiger partial charge in [0, 0.05) is 0 Å². The molecule has 1 aromatic carbocycles. The summed E-state index contributed by atoms with van der Waals surface area (Å²) in [5.74, 6) is 0. The van der Waals surface area contributed by atoms with Crippen molar-refractivity contribution in [3.05, 3.63) is 41.1 Å². The summed E-state index contributed by atoms with van der Waals surface area (Å²) in [4.78, 5) is 0. The third kappa shape index (κ3) is 9.29. The summed E-state index contributed by atoms with van der Waals surface area (Å²) in [5.41, 5.74) is 2.89. The number of hydrogen-bond donors (Lipinski definition) is 0. The molecule has 0 unspecified atom stereocenters. The SMILES string of the molecule is CCCCC[C@H](O[Si](C)(C)C(C)(C)C)[C@H](O[Si](C(C)C)(C(C)C)C(C)C)/C(=C/c1ccccc1)[Si](C)(C)C. The van der Waals surface area contributed by atoms with Gasteiger partial charge in [-0.15, -0.1) is 0 Å². The second-order valence-corrected chi connectivity index (χ2v) is 30.3. The molecule has 0 aliphatic carbocycles. The van der Waals surface area contributed by atoms with Crippen LogP contribution in [-0.4, -0.2) is 36.9 Å². The summed E-state index contributed by atoms with van der Waals surface area (Å²) in [7, 11) is -5.96. The average Bonchev–Trinajstić information content (AvgIpc) is 2.76. The van der Waals surface area contributed by atoms with Crippen LogP contribution in [0.15, 0.2) is 35.5 Å². The second kappa shape index (κ2) is 14.4. The summed E-state index contributed by atoms with van der Waals surface area (Å²) in [5, 5.41) is 1.67. The Labute approximate surface area is 241 Å². The second-order valence-electron chi connectivity index (χ2n) is 15.0. The normalized spacial score (nSPS) is 16.0. The highest BCUT2D eigenvalue weighted by atomic mass is 28.4. The Morgan fingerprint density at radius 1 is 0.789 bits per heavy atom. The van der Waals surface area contributed by atoms with Gasteiger partial charge in [-0.05, 0) is 46.7 Å². The third-order valence-electron chi connectivity index (χ3n) is 9.01. The Kier molecular flexibility index (Phi) is 13.5. The zero-order valence-corrected chi connectivity index (χ0v) is 31.0. The van der Waals surface area contributed by atoms with Crippen molar-refractivity contribution in [3.63, 3.8) is 0 Å². The molecule has 0 aromatic heterocycles. The van der Waals surface area contributed by atoms with Gasteiger partial charge in [0.05, 0.1) is 20.3 Å². The van der Waals surface area contributed by atoms with Gasteiger partial charge in [0.2, 0.25) is 8.32 Å². The molecule has 220 valence electrons. The van der Waals surface area contributed by atoms with E-state index >= 15 is 0 Å². The van der Waals surface area contributed by atoms with Gasteiger partial charge in [0.1, 0.15) is 0 Å².